The fourth-order valence-electron chi connectivity index (χ4n) is 1.61. The molecule has 2 nitrogen and oxygen atoms in total. The minimum Gasteiger partial charge on any atom is -0.293 e. The van der Waals surface area contributed by atoms with Crippen molar-refractivity contribution in [1.29, 1.82) is 0 Å². The molecule has 2 rings (SSSR count). The summed E-state index contributed by atoms with van der Waals surface area (Å²) in [7, 11) is 0. The molecule has 1 atom stereocenters. The van der Waals surface area contributed by atoms with E-state index < -0.39 is 0 Å². The molecule has 1 heterocycles. The predicted molar refractivity (Wildman–Crippen MR) is 77.6 cm³/mol. The second kappa shape index (κ2) is 6.16. The Morgan fingerprint density at radius 1 is 1.39 bits per heavy atom. The smallest absolute Gasteiger partial charge is 0.175 e. The highest BCUT2D eigenvalue weighted by Crippen LogP contribution is 2.27. The number of benzene rings is 1. The fraction of sp³-hybridized carbons (Fsp3) is 0.286. The molecule has 1 unspecified atom stereocenters. The van der Waals surface area contributed by atoms with Gasteiger partial charge in [0.1, 0.15) is 4.34 Å². The summed E-state index contributed by atoms with van der Waals surface area (Å²) >= 11 is 3.09. The van der Waals surface area contributed by atoms with E-state index in [1.165, 1.54) is 17.3 Å². The van der Waals surface area contributed by atoms with Crippen molar-refractivity contribution in [2.75, 3.05) is 0 Å². The molecule has 2 aromatic rings. The minimum absolute atomic E-state index is 0.0939. The lowest BCUT2D eigenvalue weighted by Gasteiger charge is -2.08. The van der Waals surface area contributed by atoms with Gasteiger partial charge >= 0.3 is 0 Å². The highest BCUT2D eigenvalue weighted by Gasteiger charge is 2.17. The van der Waals surface area contributed by atoms with Crippen molar-refractivity contribution in [3.63, 3.8) is 0 Å². The molecule has 0 saturated heterocycles. The zero-order chi connectivity index (χ0) is 13.0. The van der Waals surface area contributed by atoms with Gasteiger partial charge in [0.15, 0.2) is 5.78 Å². The number of thioether (sulfide) groups is 1. The van der Waals surface area contributed by atoms with Crippen molar-refractivity contribution < 1.29 is 4.79 Å². The number of aromatic nitrogens is 1. The topological polar surface area (TPSA) is 30.0 Å². The van der Waals surface area contributed by atoms with E-state index >= 15 is 0 Å². The SMILES string of the molecule is CCc1ccc(C(=O)C(C)Sc2nccs2)cc1. The predicted octanol–water partition coefficient (Wildman–Crippen LogP) is 4.07. The number of thiazole rings is 1. The monoisotopic (exact) mass is 277 g/mol. The van der Waals surface area contributed by atoms with Crippen molar-refractivity contribution in [2.45, 2.75) is 29.9 Å². The van der Waals surface area contributed by atoms with Gasteiger partial charge in [-0.1, -0.05) is 43.0 Å². The van der Waals surface area contributed by atoms with Gasteiger partial charge in [-0.3, -0.25) is 4.79 Å². The van der Waals surface area contributed by atoms with Gasteiger partial charge in [0.05, 0.1) is 5.25 Å². The summed E-state index contributed by atoms with van der Waals surface area (Å²) in [6.07, 6.45) is 2.76. The first-order valence-electron chi connectivity index (χ1n) is 5.90. The maximum Gasteiger partial charge on any atom is 0.175 e. The molecule has 0 saturated carbocycles. The second-order valence-electron chi connectivity index (χ2n) is 3.97. The number of hydrogen-bond donors (Lipinski definition) is 0. The van der Waals surface area contributed by atoms with Crippen molar-refractivity contribution in [3.05, 3.63) is 47.0 Å². The number of Topliss-reactive ketones (excluding diaryl/α,β-unsaturated/α-hetero) is 1. The first-order valence-corrected chi connectivity index (χ1v) is 7.66. The lowest BCUT2D eigenvalue weighted by molar-refractivity contribution is 0.0994. The average Bonchev–Trinajstić information content (AvgIpc) is 2.91. The van der Waals surface area contributed by atoms with Gasteiger partial charge in [0.2, 0.25) is 0 Å². The van der Waals surface area contributed by atoms with E-state index in [0.717, 1.165) is 16.3 Å². The Balaban J connectivity index is 2.05. The molecule has 0 fully saturated rings. The minimum atomic E-state index is -0.0939. The molecule has 0 aliphatic heterocycles. The maximum atomic E-state index is 12.2. The number of rotatable bonds is 5. The van der Waals surface area contributed by atoms with E-state index in [4.69, 9.17) is 0 Å². The summed E-state index contributed by atoms with van der Waals surface area (Å²) in [5, 5.41) is 1.83. The molecule has 0 radical (unpaired) electrons. The van der Waals surface area contributed by atoms with E-state index in [1.54, 1.807) is 17.5 Å². The van der Waals surface area contributed by atoms with Gasteiger partial charge < -0.3 is 0 Å². The third kappa shape index (κ3) is 3.21. The van der Waals surface area contributed by atoms with Crippen LogP contribution in [0.4, 0.5) is 0 Å². The summed E-state index contributed by atoms with van der Waals surface area (Å²) in [4.78, 5) is 16.4. The maximum absolute atomic E-state index is 12.2. The molecule has 18 heavy (non-hydrogen) atoms. The van der Waals surface area contributed by atoms with Gasteiger partial charge in [-0.2, -0.15) is 0 Å². The average molecular weight is 277 g/mol. The molecule has 0 amide bonds. The van der Waals surface area contributed by atoms with Crippen molar-refractivity contribution in [1.82, 2.24) is 4.98 Å². The van der Waals surface area contributed by atoms with Crippen LogP contribution in [0.3, 0.4) is 0 Å². The molecule has 0 bridgehead atoms. The molecule has 0 N–H and O–H groups in total. The Labute approximate surface area is 115 Å². The van der Waals surface area contributed by atoms with Gasteiger partial charge in [-0.15, -0.1) is 11.3 Å². The lowest BCUT2D eigenvalue weighted by Crippen LogP contribution is -2.13. The van der Waals surface area contributed by atoms with Crippen molar-refractivity contribution >= 4 is 28.9 Å². The molecular weight excluding hydrogens is 262 g/mol. The van der Waals surface area contributed by atoms with Crippen molar-refractivity contribution in [2.24, 2.45) is 0 Å². The number of aryl methyl sites for hydroxylation is 1. The summed E-state index contributed by atoms with van der Waals surface area (Å²) < 4.78 is 0.945. The molecule has 94 valence electrons. The van der Waals surface area contributed by atoms with E-state index in [1.807, 2.05) is 36.6 Å². The highest BCUT2D eigenvalue weighted by molar-refractivity contribution is 8.02. The molecule has 0 spiro atoms. The van der Waals surface area contributed by atoms with E-state index in [0.29, 0.717) is 0 Å². The Hall–Kier alpha value is -1.13. The molecule has 0 aliphatic carbocycles. The van der Waals surface area contributed by atoms with Crippen LogP contribution in [0.25, 0.3) is 0 Å². The molecule has 4 heteroatoms. The molecule has 1 aromatic heterocycles. The van der Waals surface area contributed by atoms with Crippen LogP contribution in [0.1, 0.15) is 29.8 Å². The zero-order valence-corrected chi connectivity index (χ0v) is 12.1. The lowest BCUT2D eigenvalue weighted by atomic mass is 10.1. The van der Waals surface area contributed by atoms with Crippen LogP contribution in [0.2, 0.25) is 0 Å². The molecule has 1 aromatic carbocycles. The van der Waals surface area contributed by atoms with Gasteiger partial charge in [-0.25, -0.2) is 4.98 Å². The van der Waals surface area contributed by atoms with Crippen LogP contribution in [-0.2, 0) is 6.42 Å². The largest absolute Gasteiger partial charge is 0.293 e. The molecular formula is C14H15NOS2. The normalized spacial score (nSPS) is 12.3. The van der Waals surface area contributed by atoms with Gasteiger partial charge in [-0.05, 0) is 18.9 Å². The number of hydrogen-bond acceptors (Lipinski definition) is 4. The highest BCUT2D eigenvalue weighted by atomic mass is 32.2. The van der Waals surface area contributed by atoms with Crippen LogP contribution in [0.15, 0.2) is 40.2 Å². The third-order valence-corrected chi connectivity index (χ3v) is 4.72. The first kappa shape index (κ1) is 13.3. The van der Waals surface area contributed by atoms with Crippen LogP contribution in [-0.4, -0.2) is 16.0 Å². The van der Waals surface area contributed by atoms with Crippen LogP contribution < -0.4 is 0 Å². The Kier molecular flexibility index (Phi) is 4.55. The number of nitrogens with zero attached hydrogens (tertiary/aromatic N) is 1. The standard InChI is InChI=1S/C14H15NOS2/c1-3-11-4-6-12(7-5-11)13(16)10(2)18-14-15-8-9-17-14/h4-10H,3H2,1-2H3. The van der Waals surface area contributed by atoms with Gasteiger partial charge in [0.25, 0.3) is 0 Å². The summed E-state index contributed by atoms with van der Waals surface area (Å²) in [5.74, 6) is 0.165. The number of ketones is 1. The van der Waals surface area contributed by atoms with Crippen molar-refractivity contribution in [3.8, 4) is 0 Å². The van der Waals surface area contributed by atoms with E-state index in [-0.39, 0.29) is 11.0 Å². The first-order chi connectivity index (χ1) is 8.70. The Morgan fingerprint density at radius 3 is 2.67 bits per heavy atom. The number of carbonyl (C=O) groups is 1. The third-order valence-electron chi connectivity index (χ3n) is 2.70. The van der Waals surface area contributed by atoms with E-state index in [9.17, 15) is 4.79 Å². The van der Waals surface area contributed by atoms with Crippen LogP contribution in [0.5, 0.6) is 0 Å². The quantitative estimate of drug-likeness (QED) is 0.609. The van der Waals surface area contributed by atoms with Gasteiger partial charge in [0, 0.05) is 17.1 Å². The van der Waals surface area contributed by atoms with Crippen LogP contribution in [0, 0.1) is 0 Å². The summed E-state index contributed by atoms with van der Waals surface area (Å²) in [5.41, 5.74) is 2.04. The number of carbonyl (C=O) groups excluding carboxylic acids is 1. The Morgan fingerprint density at radius 2 is 2.11 bits per heavy atom. The van der Waals surface area contributed by atoms with Crippen LogP contribution >= 0.6 is 23.1 Å². The van der Waals surface area contributed by atoms with E-state index in [2.05, 4.69) is 11.9 Å². The fourth-order valence-corrected chi connectivity index (χ4v) is 3.46. The summed E-state index contributed by atoms with van der Waals surface area (Å²) in [6.45, 7) is 4.04. The second-order valence-corrected chi connectivity index (χ2v) is 6.46. The Bertz CT molecular complexity index is 505. The molecule has 0 aliphatic rings. The summed E-state index contributed by atoms with van der Waals surface area (Å²) in [6, 6.07) is 7.88. The zero-order valence-electron chi connectivity index (χ0n) is 10.4.